The van der Waals surface area contributed by atoms with E-state index in [1.54, 1.807) is 13.1 Å². The van der Waals surface area contributed by atoms with Crippen LogP contribution in [0.3, 0.4) is 0 Å². The van der Waals surface area contributed by atoms with E-state index in [1.165, 1.54) is 11.3 Å². The van der Waals surface area contributed by atoms with E-state index >= 15 is 0 Å². The number of carbonyl (C=O) groups excluding carboxylic acids is 2. The van der Waals surface area contributed by atoms with Gasteiger partial charge in [-0.05, 0) is 25.8 Å². The third-order valence-electron chi connectivity index (χ3n) is 3.57. The van der Waals surface area contributed by atoms with Gasteiger partial charge in [-0.15, -0.1) is 11.3 Å². The van der Waals surface area contributed by atoms with Gasteiger partial charge in [0.25, 0.3) is 5.91 Å². The molecule has 0 spiro atoms. The standard InChI is InChI=1S/C13H19N3O2S/c1-8-10(14)7-11(19-8)13(18)16-5-3-9(4-6-16)12(17)15-2/h7,9H,3-6,14H2,1-2H3,(H,15,17). The summed E-state index contributed by atoms with van der Waals surface area (Å²) in [5.74, 6) is 0.132. The third-order valence-corrected chi connectivity index (χ3v) is 4.62. The van der Waals surface area contributed by atoms with Crippen LogP contribution < -0.4 is 11.1 Å². The lowest BCUT2D eigenvalue weighted by molar-refractivity contribution is -0.125. The minimum atomic E-state index is 0.0279. The molecular formula is C13H19N3O2S. The molecule has 2 amide bonds. The summed E-state index contributed by atoms with van der Waals surface area (Å²) < 4.78 is 0. The highest BCUT2D eigenvalue weighted by atomic mass is 32.1. The Labute approximate surface area is 116 Å². The largest absolute Gasteiger partial charge is 0.398 e. The molecule has 1 aromatic rings. The Morgan fingerprint density at radius 1 is 1.42 bits per heavy atom. The third kappa shape index (κ3) is 2.89. The van der Waals surface area contributed by atoms with Crippen molar-refractivity contribution in [2.75, 3.05) is 25.9 Å². The molecule has 0 aromatic carbocycles. The topological polar surface area (TPSA) is 75.4 Å². The molecule has 0 radical (unpaired) electrons. The number of anilines is 1. The quantitative estimate of drug-likeness (QED) is 0.856. The number of hydrogen-bond acceptors (Lipinski definition) is 4. The fourth-order valence-corrected chi connectivity index (χ4v) is 3.22. The molecule has 5 nitrogen and oxygen atoms in total. The molecule has 1 saturated heterocycles. The molecule has 0 atom stereocenters. The summed E-state index contributed by atoms with van der Waals surface area (Å²) in [7, 11) is 1.65. The number of nitrogen functional groups attached to an aromatic ring is 1. The van der Waals surface area contributed by atoms with Crippen molar-refractivity contribution in [1.29, 1.82) is 0 Å². The minimum absolute atomic E-state index is 0.0279. The second-order valence-electron chi connectivity index (χ2n) is 4.80. The van der Waals surface area contributed by atoms with E-state index in [1.807, 2.05) is 11.8 Å². The minimum Gasteiger partial charge on any atom is -0.398 e. The van der Waals surface area contributed by atoms with E-state index in [0.717, 1.165) is 17.7 Å². The van der Waals surface area contributed by atoms with Gasteiger partial charge in [0.1, 0.15) is 0 Å². The van der Waals surface area contributed by atoms with Crippen molar-refractivity contribution >= 4 is 28.8 Å². The van der Waals surface area contributed by atoms with Crippen LogP contribution in [0.15, 0.2) is 6.07 Å². The molecule has 3 N–H and O–H groups in total. The van der Waals surface area contributed by atoms with Gasteiger partial charge in [-0.3, -0.25) is 9.59 Å². The summed E-state index contributed by atoms with van der Waals surface area (Å²) in [5.41, 5.74) is 6.45. The summed E-state index contributed by atoms with van der Waals surface area (Å²) in [4.78, 5) is 27.3. The van der Waals surface area contributed by atoms with Crippen LogP contribution in [0, 0.1) is 12.8 Å². The first-order valence-corrected chi connectivity index (χ1v) is 7.21. The Kier molecular flexibility index (Phi) is 4.09. The summed E-state index contributed by atoms with van der Waals surface area (Å²) in [6.07, 6.45) is 1.45. The number of nitrogens with zero attached hydrogens (tertiary/aromatic N) is 1. The fraction of sp³-hybridized carbons (Fsp3) is 0.538. The van der Waals surface area contributed by atoms with Crippen LogP contribution in [-0.4, -0.2) is 36.9 Å². The summed E-state index contributed by atoms with van der Waals surface area (Å²) >= 11 is 1.43. The second-order valence-corrected chi connectivity index (χ2v) is 6.06. The summed E-state index contributed by atoms with van der Waals surface area (Å²) in [5, 5.41) is 2.66. The van der Waals surface area contributed by atoms with Gasteiger partial charge in [-0.25, -0.2) is 0 Å². The molecule has 1 fully saturated rings. The van der Waals surface area contributed by atoms with Crippen LogP contribution in [0.4, 0.5) is 5.69 Å². The van der Waals surface area contributed by atoms with Gasteiger partial charge in [-0.2, -0.15) is 0 Å². The highest BCUT2D eigenvalue weighted by Crippen LogP contribution is 2.26. The van der Waals surface area contributed by atoms with Gasteiger partial charge >= 0.3 is 0 Å². The predicted octanol–water partition coefficient (Wildman–Crippen LogP) is 1.24. The van der Waals surface area contributed by atoms with Crippen LogP contribution in [0.5, 0.6) is 0 Å². The van der Waals surface area contributed by atoms with Gasteiger partial charge in [0, 0.05) is 36.6 Å². The van der Waals surface area contributed by atoms with Crippen molar-refractivity contribution in [3.8, 4) is 0 Å². The Balaban J connectivity index is 1.98. The van der Waals surface area contributed by atoms with E-state index in [9.17, 15) is 9.59 Å². The number of carbonyl (C=O) groups is 2. The Hall–Kier alpha value is -1.56. The van der Waals surface area contributed by atoms with Gasteiger partial charge in [-0.1, -0.05) is 0 Å². The molecule has 0 bridgehead atoms. The molecule has 6 heteroatoms. The van der Waals surface area contributed by atoms with Crippen molar-refractivity contribution in [1.82, 2.24) is 10.2 Å². The van der Waals surface area contributed by atoms with E-state index in [4.69, 9.17) is 5.73 Å². The number of amides is 2. The zero-order chi connectivity index (χ0) is 14.0. The molecule has 1 aliphatic rings. The first kappa shape index (κ1) is 13.9. The molecule has 2 heterocycles. The van der Waals surface area contributed by atoms with E-state index in [2.05, 4.69) is 5.32 Å². The van der Waals surface area contributed by atoms with Crippen LogP contribution in [0.25, 0.3) is 0 Å². The SMILES string of the molecule is CNC(=O)C1CCN(C(=O)c2cc(N)c(C)s2)CC1. The highest BCUT2D eigenvalue weighted by Gasteiger charge is 2.27. The number of aryl methyl sites for hydroxylation is 1. The van der Waals surface area contributed by atoms with Crippen molar-refractivity contribution in [2.24, 2.45) is 5.92 Å². The van der Waals surface area contributed by atoms with Crippen LogP contribution >= 0.6 is 11.3 Å². The molecule has 1 aliphatic heterocycles. The molecule has 0 unspecified atom stereocenters. The smallest absolute Gasteiger partial charge is 0.264 e. The number of hydrogen-bond donors (Lipinski definition) is 2. The molecule has 19 heavy (non-hydrogen) atoms. The zero-order valence-electron chi connectivity index (χ0n) is 11.2. The molecule has 1 aromatic heterocycles. The average molecular weight is 281 g/mol. The lowest BCUT2D eigenvalue weighted by Crippen LogP contribution is -2.42. The van der Waals surface area contributed by atoms with E-state index in [0.29, 0.717) is 23.7 Å². The van der Waals surface area contributed by atoms with Crippen LogP contribution in [0.1, 0.15) is 27.4 Å². The Morgan fingerprint density at radius 3 is 2.53 bits per heavy atom. The van der Waals surface area contributed by atoms with Crippen molar-refractivity contribution in [3.05, 3.63) is 15.8 Å². The molecular weight excluding hydrogens is 262 g/mol. The van der Waals surface area contributed by atoms with Gasteiger partial charge in [0.15, 0.2) is 0 Å². The monoisotopic (exact) mass is 281 g/mol. The Morgan fingerprint density at radius 2 is 2.05 bits per heavy atom. The maximum Gasteiger partial charge on any atom is 0.264 e. The van der Waals surface area contributed by atoms with Crippen molar-refractivity contribution < 1.29 is 9.59 Å². The van der Waals surface area contributed by atoms with Crippen molar-refractivity contribution in [3.63, 3.8) is 0 Å². The number of rotatable bonds is 2. The molecule has 104 valence electrons. The first-order valence-electron chi connectivity index (χ1n) is 6.39. The predicted molar refractivity (Wildman–Crippen MR) is 76.2 cm³/mol. The lowest BCUT2D eigenvalue weighted by Gasteiger charge is -2.30. The van der Waals surface area contributed by atoms with Gasteiger partial charge in [0.2, 0.25) is 5.91 Å². The maximum absolute atomic E-state index is 12.3. The normalized spacial score (nSPS) is 16.4. The Bertz CT molecular complexity index is 471. The van der Waals surface area contributed by atoms with Gasteiger partial charge < -0.3 is 16.0 Å². The highest BCUT2D eigenvalue weighted by molar-refractivity contribution is 7.14. The van der Waals surface area contributed by atoms with E-state index < -0.39 is 0 Å². The number of thiophene rings is 1. The van der Waals surface area contributed by atoms with Crippen LogP contribution in [-0.2, 0) is 4.79 Å². The zero-order valence-corrected chi connectivity index (χ0v) is 12.0. The maximum atomic E-state index is 12.3. The van der Waals surface area contributed by atoms with Crippen LogP contribution in [0.2, 0.25) is 0 Å². The summed E-state index contributed by atoms with van der Waals surface area (Å²) in [6, 6.07) is 1.74. The fourth-order valence-electron chi connectivity index (χ4n) is 2.31. The molecule has 2 rings (SSSR count). The number of likely N-dealkylation sites (tertiary alicyclic amines) is 1. The average Bonchev–Trinajstić information content (AvgIpc) is 2.77. The van der Waals surface area contributed by atoms with E-state index in [-0.39, 0.29) is 17.7 Å². The lowest BCUT2D eigenvalue weighted by atomic mass is 9.96. The molecule has 0 saturated carbocycles. The summed E-state index contributed by atoms with van der Waals surface area (Å²) in [6.45, 7) is 3.18. The van der Waals surface area contributed by atoms with Gasteiger partial charge in [0.05, 0.1) is 4.88 Å². The number of piperidine rings is 1. The number of nitrogens with two attached hydrogens (primary N) is 1. The first-order chi connectivity index (χ1) is 9.02. The van der Waals surface area contributed by atoms with Crippen molar-refractivity contribution in [2.45, 2.75) is 19.8 Å². The molecule has 0 aliphatic carbocycles. The number of nitrogens with one attached hydrogen (secondary N) is 1. The second kappa shape index (κ2) is 5.61.